The molecule has 2 heteroatoms. The standard InChI is InChI=1S/C13H24N2/c1-4-12(6-9-14)15-10-7-13(3,5-2)8-11-15/h12H,4-8,10-11H2,1-3H3. The molecule has 1 aliphatic rings. The molecule has 0 aromatic heterocycles. The van der Waals surface area contributed by atoms with Crippen LogP contribution in [0.2, 0.25) is 0 Å². The zero-order valence-electron chi connectivity index (χ0n) is 10.4. The van der Waals surface area contributed by atoms with Gasteiger partial charge in [-0.2, -0.15) is 5.26 Å². The minimum absolute atomic E-state index is 0.497. The van der Waals surface area contributed by atoms with Crippen molar-refractivity contribution in [1.82, 2.24) is 4.90 Å². The minimum Gasteiger partial charge on any atom is -0.299 e. The number of nitrogens with zero attached hydrogens (tertiary/aromatic N) is 2. The molecule has 0 amide bonds. The van der Waals surface area contributed by atoms with Gasteiger partial charge in [-0.1, -0.05) is 27.2 Å². The Kier molecular flexibility index (Phi) is 4.60. The molecular formula is C13H24N2. The topological polar surface area (TPSA) is 27.0 Å². The third-order valence-electron chi connectivity index (χ3n) is 4.17. The molecular weight excluding hydrogens is 184 g/mol. The highest BCUT2D eigenvalue weighted by Gasteiger charge is 2.30. The summed E-state index contributed by atoms with van der Waals surface area (Å²) in [5.74, 6) is 0. The maximum atomic E-state index is 8.77. The molecule has 1 atom stereocenters. The van der Waals surface area contributed by atoms with Gasteiger partial charge in [-0.25, -0.2) is 0 Å². The Bertz CT molecular complexity index is 221. The van der Waals surface area contributed by atoms with Crippen LogP contribution in [0.5, 0.6) is 0 Å². The van der Waals surface area contributed by atoms with Crippen LogP contribution in [0.25, 0.3) is 0 Å². The Balaban J connectivity index is 2.45. The summed E-state index contributed by atoms with van der Waals surface area (Å²) in [6.45, 7) is 9.25. The van der Waals surface area contributed by atoms with Gasteiger partial charge in [-0.15, -0.1) is 0 Å². The quantitative estimate of drug-likeness (QED) is 0.709. The van der Waals surface area contributed by atoms with E-state index in [9.17, 15) is 0 Å². The first-order chi connectivity index (χ1) is 7.15. The van der Waals surface area contributed by atoms with Crippen LogP contribution in [0.15, 0.2) is 0 Å². The zero-order chi connectivity index (χ0) is 11.3. The van der Waals surface area contributed by atoms with E-state index in [1.165, 1.54) is 32.4 Å². The average Bonchev–Trinajstić information content (AvgIpc) is 2.27. The van der Waals surface area contributed by atoms with Crippen molar-refractivity contribution in [2.24, 2.45) is 5.41 Å². The maximum absolute atomic E-state index is 8.77. The molecule has 0 radical (unpaired) electrons. The summed E-state index contributed by atoms with van der Waals surface area (Å²) in [4.78, 5) is 2.51. The molecule has 0 aromatic rings. The van der Waals surface area contributed by atoms with E-state index in [1.54, 1.807) is 0 Å². The van der Waals surface area contributed by atoms with Crippen LogP contribution in [0.4, 0.5) is 0 Å². The highest BCUT2D eigenvalue weighted by Crippen LogP contribution is 2.34. The Morgan fingerprint density at radius 2 is 1.93 bits per heavy atom. The Hall–Kier alpha value is -0.550. The van der Waals surface area contributed by atoms with Crippen molar-refractivity contribution in [3.8, 4) is 6.07 Å². The van der Waals surface area contributed by atoms with Gasteiger partial charge in [-0.3, -0.25) is 4.90 Å². The molecule has 0 N–H and O–H groups in total. The van der Waals surface area contributed by atoms with Gasteiger partial charge in [0, 0.05) is 6.04 Å². The molecule has 0 saturated carbocycles. The Morgan fingerprint density at radius 1 is 1.33 bits per heavy atom. The van der Waals surface area contributed by atoms with Crippen molar-refractivity contribution in [1.29, 1.82) is 5.26 Å². The first kappa shape index (κ1) is 12.5. The highest BCUT2D eigenvalue weighted by molar-refractivity contribution is 4.87. The van der Waals surface area contributed by atoms with E-state index < -0.39 is 0 Å². The molecule has 0 spiro atoms. The lowest BCUT2D eigenvalue weighted by Gasteiger charge is -2.41. The van der Waals surface area contributed by atoms with Gasteiger partial charge in [-0.05, 0) is 37.8 Å². The van der Waals surface area contributed by atoms with Gasteiger partial charge < -0.3 is 0 Å². The van der Waals surface area contributed by atoms with Crippen LogP contribution in [0.1, 0.15) is 52.9 Å². The monoisotopic (exact) mass is 208 g/mol. The lowest BCUT2D eigenvalue weighted by atomic mass is 9.78. The number of piperidine rings is 1. The fourth-order valence-electron chi connectivity index (χ4n) is 2.42. The molecule has 86 valence electrons. The smallest absolute Gasteiger partial charge is 0.0638 e. The first-order valence-electron chi connectivity index (χ1n) is 6.26. The summed E-state index contributed by atoms with van der Waals surface area (Å²) in [6, 6.07) is 2.81. The van der Waals surface area contributed by atoms with E-state index in [1.807, 2.05) is 0 Å². The maximum Gasteiger partial charge on any atom is 0.0638 e. The first-order valence-corrected chi connectivity index (χ1v) is 6.26. The van der Waals surface area contributed by atoms with E-state index in [2.05, 4.69) is 31.7 Å². The van der Waals surface area contributed by atoms with E-state index in [0.29, 0.717) is 17.9 Å². The minimum atomic E-state index is 0.497. The summed E-state index contributed by atoms with van der Waals surface area (Å²) in [7, 11) is 0. The number of hydrogen-bond donors (Lipinski definition) is 0. The SMILES string of the molecule is CCC(CC#N)N1CCC(C)(CC)CC1. The molecule has 1 aliphatic heterocycles. The Labute approximate surface area is 94.3 Å². The summed E-state index contributed by atoms with van der Waals surface area (Å²) >= 11 is 0. The van der Waals surface area contributed by atoms with Crippen molar-refractivity contribution in [3.63, 3.8) is 0 Å². The van der Waals surface area contributed by atoms with Crippen LogP contribution in [0, 0.1) is 16.7 Å². The molecule has 1 rings (SSSR count). The van der Waals surface area contributed by atoms with Gasteiger partial charge in [0.15, 0.2) is 0 Å². The lowest BCUT2D eigenvalue weighted by Crippen LogP contribution is -2.43. The summed E-state index contributed by atoms with van der Waals surface area (Å²) in [6.07, 6.45) is 5.68. The molecule has 1 unspecified atom stereocenters. The fourth-order valence-corrected chi connectivity index (χ4v) is 2.42. The second-order valence-electron chi connectivity index (χ2n) is 5.12. The summed E-state index contributed by atoms with van der Waals surface area (Å²) in [5, 5.41) is 8.77. The highest BCUT2D eigenvalue weighted by atomic mass is 15.2. The van der Waals surface area contributed by atoms with Crippen LogP contribution in [-0.4, -0.2) is 24.0 Å². The van der Waals surface area contributed by atoms with Crippen molar-refractivity contribution in [2.45, 2.75) is 58.9 Å². The van der Waals surface area contributed by atoms with Gasteiger partial charge >= 0.3 is 0 Å². The van der Waals surface area contributed by atoms with E-state index in [-0.39, 0.29) is 0 Å². The lowest BCUT2D eigenvalue weighted by molar-refractivity contribution is 0.0803. The van der Waals surface area contributed by atoms with Gasteiger partial charge in [0.05, 0.1) is 12.5 Å². The predicted molar refractivity (Wildman–Crippen MR) is 63.5 cm³/mol. The van der Waals surface area contributed by atoms with E-state index in [0.717, 1.165) is 6.42 Å². The number of nitriles is 1. The van der Waals surface area contributed by atoms with Crippen molar-refractivity contribution >= 4 is 0 Å². The largest absolute Gasteiger partial charge is 0.299 e. The molecule has 0 aliphatic carbocycles. The van der Waals surface area contributed by atoms with E-state index in [4.69, 9.17) is 5.26 Å². The molecule has 0 bridgehead atoms. The van der Waals surface area contributed by atoms with Gasteiger partial charge in [0.25, 0.3) is 0 Å². The number of rotatable bonds is 4. The zero-order valence-corrected chi connectivity index (χ0v) is 10.4. The fraction of sp³-hybridized carbons (Fsp3) is 0.923. The molecule has 1 heterocycles. The third-order valence-corrected chi connectivity index (χ3v) is 4.17. The summed E-state index contributed by atoms with van der Waals surface area (Å²) in [5.41, 5.74) is 0.557. The van der Waals surface area contributed by atoms with Crippen molar-refractivity contribution in [2.75, 3.05) is 13.1 Å². The van der Waals surface area contributed by atoms with Crippen LogP contribution >= 0.6 is 0 Å². The van der Waals surface area contributed by atoms with Gasteiger partial charge in [0.2, 0.25) is 0 Å². The molecule has 1 saturated heterocycles. The Morgan fingerprint density at radius 3 is 2.33 bits per heavy atom. The predicted octanol–water partition coefficient (Wildman–Crippen LogP) is 3.19. The average molecular weight is 208 g/mol. The normalized spacial score (nSPS) is 23.3. The third kappa shape index (κ3) is 3.21. The van der Waals surface area contributed by atoms with Crippen molar-refractivity contribution in [3.05, 3.63) is 0 Å². The summed E-state index contributed by atoms with van der Waals surface area (Å²) < 4.78 is 0. The van der Waals surface area contributed by atoms with E-state index >= 15 is 0 Å². The molecule has 15 heavy (non-hydrogen) atoms. The van der Waals surface area contributed by atoms with Gasteiger partial charge in [0.1, 0.15) is 0 Å². The van der Waals surface area contributed by atoms with Crippen LogP contribution in [-0.2, 0) is 0 Å². The molecule has 0 aromatic carbocycles. The van der Waals surface area contributed by atoms with Crippen molar-refractivity contribution < 1.29 is 0 Å². The second kappa shape index (κ2) is 5.51. The van der Waals surface area contributed by atoms with Crippen LogP contribution < -0.4 is 0 Å². The number of likely N-dealkylation sites (tertiary alicyclic amines) is 1. The van der Waals surface area contributed by atoms with Crippen LogP contribution in [0.3, 0.4) is 0 Å². The molecule has 2 nitrogen and oxygen atoms in total. The number of hydrogen-bond acceptors (Lipinski definition) is 2. The second-order valence-corrected chi connectivity index (χ2v) is 5.12. The molecule has 1 fully saturated rings.